The molecule has 8 nitrogen and oxygen atoms in total. The lowest BCUT2D eigenvalue weighted by molar-refractivity contribution is 0.102. The maximum atomic E-state index is 12.5. The summed E-state index contributed by atoms with van der Waals surface area (Å²) in [4.78, 5) is 19.9. The zero-order chi connectivity index (χ0) is 19.6. The van der Waals surface area contributed by atoms with Crippen molar-refractivity contribution >= 4 is 32.9 Å². The van der Waals surface area contributed by atoms with Crippen molar-refractivity contribution in [3.8, 4) is 0 Å². The van der Waals surface area contributed by atoms with E-state index < -0.39 is 15.9 Å². The maximum absolute atomic E-state index is 12.5. The number of nitrogens with zero attached hydrogens (tertiary/aromatic N) is 1. The molecular weight excluding hydrogens is 380 g/mol. The number of benzene rings is 2. The SMILES string of the molecule is O=C(Nc1nc2ccccc2[nH]1)c1cccc(S(=O)(=O)NCC2CCCO2)c1. The Balaban J connectivity index is 1.48. The van der Waals surface area contributed by atoms with E-state index in [2.05, 4.69) is 20.0 Å². The van der Waals surface area contributed by atoms with Gasteiger partial charge in [0.2, 0.25) is 16.0 Å². The number of hydrogen-bond acceptors (Lipinski definition) is 5. The number of carbonyl (C=O) groups excluding carboxylic acids is 1. The molecule has 1 aliphatic rings. The Labute approximate surface area is 162 Å². The van der Waals surface area contributed by atoms with E-state index in [0.29, 0.717) is 12.6 Å². The zero-order valence-corrected chi connectivity index (χ0v) is 15.8. The predicted octanol–water partition coefficient (Wildman–Crippen LogP) is 2.27. The van der Waals surface area contributed by atoms with E-state index in [9.17, 15) is 13.2 Å². The number of amides is 1. The third-order valence-electron chi connectivity index (χ3n) is 4.55. The largest absolute Gasteiger partial charge is 0.377 e. The Morgan fingerprint density at radius 3 is 2.86 bits per heavy atom. The Morgan fingerprint density at radius 2 is 2.07 bits per heavy atom. The molecule has 146 valence electrons. The van der Waals surface area contributed by atoms with Crippen molar-refractivity contribution in [3.63, 3.8) is 0 Å². The summed E-state index contributed by atoms with van der Waals surface area (Å²) >= 11 is 0. The first-order valence-corrected chi connectivity index (χ1v) is 10.5. The summed E-state index contributed by atoms with van der Waals surface area (Å²) in [5, 5.41) is 2.66. The van der Waals surface area contributed by atoms with Crippen molar-refractivity contribution in [2.75, 3.05) is 18.5 Å². The number of carbonyl (C=O) groups is 1. The number of para-hydroxylation sites is 2. The number of anilines is 1. The average molecular weight is 400 g/mol. The van der Waals surface area contributed by atoms with E-state index in [0.717, 1.165) is 23.9 Å². The summed E-state index contributed by atoms with van der Waals surface area (Å²) in [5.41, 5.74) is 1.75. The minimum Gasteiger partial charge on any atom is -0.377 e. The standard InChI is InChI=1S/C19H20N4O4S/c24-18(23-19-21-16-8-1-2-9-17(16)22-19)13-5-3-7-15(11-13)28(25,26)20-12-14-6-4-10-27-14/h1-3,5,7-9,11,14,20H,4,6,10,12H2,(H2,21,22,23,24). The molecule has 0 aliphatic carbocycles. The van der Waals surface area contributed by atoms with Crippen LogP contribution in [0.4, 0.5) is 5.95 Å². The summed E-state index contributed by atoms with van der Waals surface area (Å²) in [7, 11) is -3.73. The van der Waals surface area contributed by atoms with Crippen molar-refractivity contribution in [2.45, 2.75) is 23.8 Å². The Morgan fingerprint density at radius 1 is 1.21 bits per heavy atom. The predicted molar refractivity (Wildman–Crippen MR) is 105 cm³/mol. The Kier molecular flexibility index (Phi) is 5.12. The fraction of sp³-hybridized carbons (Fsp3) is 0.263. The summed E-state index contributed by atoms with van der Waals surface area (Å²) in [5.74, 6) is -0.147. The highest BCUT2D eigenvalue weighted by Gasteiger charge is 2.21. The van der Waals surface area contributed by atoms with Crippen LogP contribution in [0.25, 0.3) is 11.0 Å². The van der Waals surface area contributed by atoms with Crippen molar-refractivity contribution in [2.24, 2.45) is 0 Å². The first-order valence-electron chi connectivity index (χ1n) is 8.99. The monoisotopic (exact) mass is 400 g/mol. The van der Waals surface area contributed by atoms with Crippen LogP contribution in [0.5, 0.6) is 0 Å². The van der Waals surface area contributed by atoms with Crippen LogP contribution in [0.1, 0.15) is 23.2 Å². The quantitative estimate of drug-likeness (QED) is 0.587. The number of aromatic nitrogens is 2. The van der Waals surface area contributed by atoms with Gasteiger partial charge in [0, 0.05) is 18.7 Å². The smallest absolute Gasteiger partial charge is 0.258 e. The first kappa shape index (κ1) is 18.6. The molecule has 3 N–H and O–H groups in total. The molecule has 1 fully saturated rings. The van der Waals surface area contributed by atoms with Crippen LogP contribution in [0.3, 0.4) is 0 Å². The van der Waals surface area contributed by atoms with Crippen LogP contribution >= 0.6 is 0 Å². The fourth-order valence-corrected chi connectivity index (χ4v) is 4.20. The highest BCUT2D eigenvalue weighted by Crippen LogP contribution is 2.17. The second-order valence-electron chi connectivity index (χ2n) is 6.57. The molecule has 9 heteroatoms. The Bertz CT molecular complexity index is 1070. The normalized spacial score (nSPS) is 17.1. The molecule has 0 bridgehead atoms. The summed E-state index contributed by atoms with van der Waals surface area (Å²) in [6.45, 7) is 0.877. The van der Waals surface area contributed by atoms with E-state index in [-0.39, 0.29) is 23.1 Å². The lowest BCUT2D eigenvalue weighted by atomic mass is 10.2. The minimum absolute atomic E-state index is 0.0303. The van der Waals surface area contributed by atoms with E-state index in [1.807, 2.05) is 24.3 Å². The fourth-order valence-electron chi connectivity index (χ4n) is 3.09. The molecule has 1 saturated heterocycles. The number of sulfonamides is 1. The van der Waals surface area contributed by atoms with Crippen molar-refractivity contribution in [1.29, 1.82) is 0 Å². The van der Waals surface area contributed by atoms with Crippen LogP contribution in [-0.2, 0) is 14.8 Å². The average Bonchev–Trinajstić information content (AvgIpc) is 3.35. The molecule has 1 atom stereocenters. The summed E-state index contributed by atoms with van der Waals surface area (Å²) in [6, 6.07) is 13.3. The van der Waals surface area contributed by atoms with Gasteiger partial charge in [0.05, 0.1) is 22.0 Å². The molecule has 0 spiro atoms. The second kappa shape index (κ2) is 7.70. The van der Waals surface area contributed by atoms with Crippen molar-refractivity contribution < 1.29 is 17.9 Å². The van der Waals surface area contributed by atoms with Gasteiger partial charge in [0.1, 0.15) is 0 Å². The van der Waals surface area contributed by atoms with Crippen LogP contribution in [0, 0.1) is 0 Å². The summed E-state index contributed by atoms with van der Waals surface area (Å²) < 4.78 is 33.0. The number of imidazole rings is 1. The highest BCUT2D eigenvalue weighted by molar-refractivity contribution is 7.89. The molecule has 4 rings (SSSR count). The number of H-pyrrole nitrogens is 1. The van der Waals surface area contributed by atoms with Crippen LogP contribution in [0.2, 0.25) is 0 Å². The summed E-state index contributed by atoms with van der Waals surface area (Å²) in [6.07, 6.45) is 1.67. The number of ether oxygens (including phenoxy) is 1. The van der Waals surface area contributed by atoms with Gasteiger partial charge < -0.3 is 9.72 Å². The third-order valence-corrected chi connectivity index (χ3v) is 5.97. The van der Waals surface area contributed by atoms with Gasteiger partial charge in [-0.2, -0.15) is 0 Å². The van der Waals surface area contributed by atoms with E-state index >= 15 is 0 Å². The molecule has 0 radical (unpaired) electrons. The van der Waals surface area contributed by atoms with Gasteiger partial charge in [-0.1, -0.05) is 18.2 Å². The van der Waals surface area contributed by atoms with Crippen molar-refractivity contribution in [3.05, 3.63) is 54.1 Å². The second-order valence-corrected chi connectivity index (χ2v) is 8.34. The van der Waals surface area contributed by atoms with Gasteiger partial charge in [-0.3, -0.25) is 10.1 Å². The molecule has 1 unspecified atom stereocenters. The van der Waals surface area contributed by atoms with Crippen molar-refractivity contribution in [1.82, 2.24) is 14.7 Å². The van der Waals surface area contributed by atoms with Crippen LogP contribution in [0.15, 0.2) is 53.4 Å². The zero-order valence-electron chi connectivity index (χ0n) is 15.0. The van der Waals surface area contributed by atoms with Gasteiger partial charge in [-0.05, 0) is 43.2 Å². The molecule has 2 aromatic carbocycles. The number of aromatic amines is 1. The lowest BCUT2D eigenvalue weighted by Crippen LogP contribution is -2.32. The van der Waals surface area contributed by atoms with Gasteiger partial charge in [0.15, 0.2) is 0 Å². The Hall–Kier alpha value is -2.75. The third kappa shape index (κ3) is 4.06. The van der Waals surface area contributed by atoms with E-state index in [1.54, 1.807) is 6.07 Å². The molecular formula is C19H20N4O4S. The van der Waals surface area contributed by atoms with Gasteiger partial charge in [-0.15, -0.1) is 0 Å². The lowest BCUT2D eigenvalue weighted by Gasteiger charge is -2.12. The topological polar surface area (TPSA) is 113 Å². The van der Waals surface area contributed by atoms with Gasteiger partial charge in [-0.25, -0.2) is 18.1 Å². The molecule has 0 saturated carbocycles. The molecule has 28 heavy (non-hydrogen) atoms. The van der Waals surface area contributed by atoms with Crippen LogP contribution < -0.4 is 10.0 Å². The van der Waals surface area contributed by atoms with E-state index in [1.165, 1.54) is 18.2 Å². The highest BCUT2D eigenvalue weighted by atomic mass is 32.2. The number of rotatable bonds is 6. The number of hydrogen-bond donors (Lipinski definition) is 3. The van der Waals surface area contributed by atoms with Crippen LogP contribution in [-0.4, -0.2) is 43.5 Å². The molecule has 1 aliphatic heterocycles. The maximum Gasteiger partial charge on any atom is 0.258 e. The number of nitrogens with one attached hydrogen (secondary N) is 3. The van der Waals surface area contributed by atoms with Gasteiger partial charge >= 0.3 is 0 Å². The molecule has 2 heterocycles. The molecule has 1 amide bonds. The van der Waals surface area contributed by atoms with Gasteiger partial charge in [0.25, 0.3) is 5.91 Å². The number of fused-ring (bicyclic) bond motifs is 1. The molecule has 3 aromatic rings. The first-order chi connectivity index (χ1) is 13.5. The molecule has 1 aromatic heterocycles. The van der Waals surface area contributed by atoms with E-state index in [4.69, 9.17) is 4.74 Å². The minimum atomic E-state index is -3.73.